The van der Waals surface area contributed by atoms with E-state index in [0.717, 1.165) is 22.1 Å². The lowest BCUT2D eigenvalue weighted by atomic mass is 10.0. The molecule has 3 aromatic rings. The molecule has 0 aliphatic heterocycles. The fourth-order valence-corrected chi connectivity index (χ4v) is 3.40. The maximum absolute atomic E-state index is 13.2. The monoisotopic (exact) mass is 438 g/mol. The minimum Gasteiger partial charge on any atom is -0.467 e. The smallest absolute Gasteiger partial charge is 0.416 e. The van der Waals surface area contributed by atoms with Crippen LogP contribution >= 0.6 is 11.3 Å². The van der Waals surface area contributed by atoms with Gasteiger partial charge in [-0.15, -0.1) is 11.3 Å². The number of rotatable bonds is 8. The number of hydrogen-bond donors (Lipinski definition) is 1. The molecule has 30 heavy (non-hydrogen) atoms. The highest BCUT2D eigenvalue weighted by molar-refractivity contribution is 7.15. The maximum atomic E-state index is 13.2. The SMILES string of the molecule is CCOCOc1cc(C(F)(F)F)cc(C)c1-c1ccc(CNc2ncc(C)s2)nn1. The summed E-state index contributed by atoms with van der Waals surface area (Å²) in [5.41, 5.74) is 1.14. The fraction of sp³-hybridized carbons (Fsp3) is 0.350. The predicted octanol–water partition coefficient (Wildman–Crippen LogP) is 5.22. The van der Waals surface area contributed by atoms with Gasteiger partial charge in [0.2, 0.25) is 0 Å². The van der Waals surface area contributed by atoms with Crippen molar-refractivity contribution in [3.8, 4) is 17.0 Å². The molecule has 0 aliphatic carbocycles. The van der Waals surface area contributed by atoms with Crippen molar-refractivity contribution in [3.05, 3.63) is 52.2 Å². The van der Waals surface area contributed by atoms with E-state index in [1.54, 1.807) is 32.2 Å². The summed E-state index contributed by atoms with van der Waals surface area (Å²) in [6.07, 6.45) is -2.71. The molecule has 1 N–H and O–H groups in total. The van der Waals surface area contributed by atoms with Gasteiger partial charge in [-0.25, -0.2) is 4.98 Å². The van der Waals surface area contributed by atoms with E-state index >= 15 is 0 Å². The van der Waals surface area contributed by atoms with Gasteiger partial charge in [0.15, 0.2) is 11.9 Å². The van der Waals surface area contributed by atoms with Crippen LogP contribution in [-0.4, -0.2) is 28.6 Å². The average molecular weight is 438 g/mol. The van der Waals surface area contributed by atoms with Gasteiger partial charge < -0.3 is 14.8 Å². The Morgan fingerprint density at radius 3 is 2.53 bits per heavy atom. The van der Waals surface area contributed by atoms with Crippen molar-refractivity contribution in [1.82, 2.24) is 15.2 Å². The number of ether oxygens (including phenoxy) is 2. The first-order chi connectivity index (χ1) is 14.3. The number of aromatic nitrogens is 3. The van der Waals surface area contributed by atoms with Crippen LogP contribution in [0.15, 0.2) is 30.5 Å². The Balaban J connectivity index is 1.85. The van der Waals surface area contributed by atoms with Crippen LogP contribution in [0.4, 0.5) is 18.3 Å². The molecule has 0 aliphatic rings. The molecule has 2 heterocycles. The van der Waals surface area contributed by atoms with Crippen LogP contribution in [-0.2, 0) is 17.5 Å². The van der Waals surface area contributed by atoms with Gasteiger partial charge in [0, 0.05) is 23.2 Å². The van der Waals surface area contributed by atoms with Crippen LogP contribution in [0.3, 0.4) is 0 Å². The Morgan fingerprint density at radius 2 is 1.93 bits per heavy atom. The molecule has 3 rings (SSSR count). The zero-order valence-corrected chi connectivity index (χ0v) is 17.5. The van der Waals surface area contributed by atoms with Gasteiger partial charge in [0.05, 0.1) is 23.5 Å². The number of nitrogens with zero attached hydrogens (tertiary/aromatic N) is 3. The average Bonchev–Trinajstić information content (AvgIpc) is 3.11. The van der Waals surface area contributed by atoms with Gasteiger partial charge in [-0.05, 0) is 50.6 Å². The molecular formula is C20H21F3N4O2S. The first-order valence-electron chi connectivity index (χ1n) is 9.19. The molecule has 2 aromatic heterocycles. The van der Waals surface area contributed by atoms with E-state index in [-0.39, 0.29) is 12.5 Å². The van der Waals surface area contributed by atoms with Crippen LogP contribution in [0.5, 0.6) is 5.75 Å². The van der Waals surface area contributed by atoms with Crippen molar-refractivity contribution in [1.29, 1.82) is 0 Å². The first-order valence-corrected chi connectivity index (χ1v) is 10.0. The number of aryl methyl sites for hydroxylation is 2. The largest absolute Gasteiger partial charge is 0.467 e. The molecule has 0 bridgehead atoms. The van der Waals surface area contributed by atoms with Crippen molar-refractivity contribution in [3.63, 3.8) is 0 Å². The van der Waals surface area contributed by atoms with Crippen molar-refractivity contribution in [2.45, 2.75) is 33.5 Å². The lowest BCUT2D eigenvalue weighted by Gasteiger charge is -2.17. The van der Waals surface area contributed by atoms with E-state index in [1.165, 1.54) is 11.3 Å². The van der Waals surface area contributed by atoms with Gasteiger partial charge in [0.25, 0.3) is 0 Å². The zero-order valence-electron chi connectivity index (χ0n) is 16.7. The van der Waals surface area contributed by atoms with E-state index in [1.807, 2.05) is 6.92 Å². The molecule has 10 heteroatoms. The van der Waals surface area contributed by atoms with Crippen LogP contribution < -0.4 is 10.1 Å². The number of halogens is 3. The molecule has 160 valence electrons. The molecule has 0 unspecified atom stereocenters. The zero-order chi connectivity index (χ0) is 21.7. The lowest BCUT2D eigenvalue weighted by molar-refractivity contribution is -0.137. The Kier molecular flexibility index (Phi) is 6.88. The van der Waals surface area contributed by atoms with Gasteiger partial charge >= 0.3 is 6.18 Å². The number of thiazole rings is 1. The molecule has 1 aromatic carbocycles. The van der Waals surface area contributed by atoms with Crippen LogP contribution in [0.25, 0.3) is 11.3 Å². The van der Waals surface area contributed by atoms with Crippen molar-refractivity contribution in [2.75, 3.05) is 18.7 Å². The summed E-state index contributed by atoms with van der Waals surface area (Å²) in [5, 5.41) is 12.3. The molecule has 0 amide bonds. The molecule has 0 spiro atoms. The highest BCUT2D eigenvalue weighted by atomic mass is 32.1. The lowest BCUT2D eigenvalue weighted by Crippen LogP contribution is -2.10. The number of nitrogens with one attached hydrogen (secondary N) is 1. The molecule has 0 saturated carbocycles. The second-order valence-electron chi connectivity index (χ2n) is 6.46. The van der Waals surface area contributed by atoms with Crippen molar-refractivity contribution >= 4 is 16.5 Å². The van der Waals surface area contributed by atoms with Crippen LogP contribution in [0.2, 0.25) is 0 Å². The third-order valence-electron chi connectivity index (χ3n) is 4.15. The highest BCUT2D eigenvalue weighted by Gasteiger charge is 2.32. The van der Waals surface area contributed by atoms with E-state index in [9.17, 15) is 13.2 Å². The summed E-state index contributed by atoms with van der Waals surface area (Å²) in [5.74, 6) is 0.0502. The molecule has 0 radical (unpaired) electrons. The van der Waals surface area contributed by atoms with Crippen molar-refractivity contribution in [2.24, 2.45) is 0 Å². The van der Waals surface area contributed by atoms with Crippen LogP contribution in [0, 0.1) is 13.8 Å². The minimum absolute atomic E-state index is 0.0502. The third-order valence-corrected chi connectivity index (χ3v) is 5.02. The van der Waals surface area contributed by atoms with Crippen LogP contribution in [0.1, 0.15) is 28.6 Å². The van der Waals surface area contributed by atoms with Gasteiger partial charge in [-0.1, -0.05) is 0 Å². The standard InChI is InChI=1S/C20H21F3N4O2S/c1-4-28-11-29-17-8-14(20(21,22)23)7-12(2)18(17)16-6-5-15(26-27-16)10-25-19-24-9-13(3)30-19/h5-9H,4,10-11H2,1-3H3,(H,24,25). The molecule has 6 nitrogen and oxygen atoms in total. The van der Waals surface area contributed by atoms with E-state index in [4.69, 9.17) is 9.47 Å². The second-order valence-corrected chi connectivity index (χ2v) is 7.69. The Hall–Kier alpha value is -2.72. The number of benzene rings is 1. The van der Waals surface area contributed by atoms with Crippen molar-refractivity contribution < 1.29 is 22.6 Å². The van der Waals surface area contributed by atoms with E-state index in [0.29, 0.717) is 35.7 Å². The van der Waals surface area contributed by atoms with Gasteiger partial charge in [-0.2, -0.15) is 23.4 Å². The minimum atomic E-state index is -4.48. The number of anilines is 1. The summed E-state index contributed by atoms with van der Waals surface area (Å²) in [6, 6.07) is 5.51. The van der Waals surface area contributed by atoms with E-state index in [2.05, 4.69) is 20.5 Å². The molecule has 0 fully saturated rings. The third kappa shape index (κ3) is 5.45. The van der Waals surface area contributed by atoms with Gasteiger partial charge in [0.1, 0.15) is 5.75 Å². The summed E-state index contributed by atoms with van der Waals surface area (Å²) >= 11 is 1.53. The maximum Gasteiger partial charge on any atom is 0.416 e. The summed E-state index contributed by atoms with van der Waals surface area (Å²) in [7, 11) is 0. The topological polar surface area (TPSA) is 69.2 Å². The number of hydrogen-bond acceptors (Lipinski definition) is 7. The first kappa shape index (κ1) is 22.0. The Morgan fingerprint density at radius 1 is 1.13 bits per heavy atom. The number of alkyl halides is 3. The van der Waals surface area contributed by atoms with Gasteiger partial charge in [-0.3, -0.25) is 0 Å². The summed E-state index contributed by atoms with van der Waals surface area (Å²) in [6.45, 7) is 5.97. The Labute approximate surface area is 176 Å². The quantitative estimate of drug-likeness (QED) is 0.384. The van der Waals surface area contributed by atoms with E-state index < -0.39 is 11.7 Å². The normalized spacial score (nSPS) is 11.5. The summed E-state index contributed by atoms with van der Waals surface area (Å²) < 4.78 is 50.3. The highest BCUT2D eigenvalue weighted by Crippen LogP contribution is 2.39. The predicted molar refractivity (Wildman–Crippen MR) is 109 cm³/mol. The molecular weight excluding hydrogens is 417 g/mol. The fourth-order valence-electron chi connectivity index (χ4n) is 2.74. The second kappa shape index (κ2) is 9.40. The molecule has 0 saturated heterocycles. The Bertz CT molecular complexity index is 991. The molecule has 0 atom stereocenters. The summed E-state index contributed by atoms with van der Waals surface area (Å²) in [4.78, 5) is 5.32.